The van der Waals surface area contributed by atoms with Crippen LogP contribution in [0, 0.1) is 0 Å². The van der Waals surface area contributed by atoms with Gasteiger partial charge in [0.2, 0.25) is 0 Å². The fraction of sp³-hybridized carbons (Fsp3) is 0.0909. The monoisotopic (exact) mass is 221 g/mol. The molecule has 84 valence electrons. The van der Waals surface area contributed by atoms with Gasteiger partial charge >= 0.3 is 12.1 Å². The Bertz CT molecular complexity index is 414. The molecule has 0 fully saturated rings. The highest BCUT2D eigenvalue weighted by Gasteiger charge is 2.05. The van der Waals surface area contributed by atoms with Crippen molar-refractivity contribution in [3.05, 3.63) is 42.5 Å². The summed E-state index contributed by atoms with van der Waals surface area (Å²) in [6, 6.07) is 5.88. The van der Waals surface area contributed by atoms with Crippen molar-refractivity contribution in [3.63, 3.8) is 0 Å². The molecule has 1 rings (SSSR count). The zero-order chi connectivity index (χ0) is 12.0. The summed E-state index contributed by atoms with van der Waals surface area (Å²) in [5.74, 6) is -1.05. The van der Waals surface area contributed by atoms with Gasteiger partial charge < -0.3 is 9.84 Å². The molecule has 5 heteroatoms. The largest absolute Gasteiger partial charge is 0.478 e. The third-order valence-corrected chi connectivity index (χ3v) is 1.69. The van der Waals surface area contributed by atoms with Crippen LogP contribution < -0.4 is 5.32 Å². The van der Waals surface area contributed by atoms with Crippen LogP contribution in [0.5, 0.6) is 0 Å². The summed E-state index contributed by atoms with van der Waals surface area (Å²) in [4.78, 5) is 21.8. The second-order valence-electron chi connectivity index (χ2n) is 2.90. The van der Waals surface area contributed by atoms with E-state index in [1.54, 1.807) is 6.07 Å². The fourth-order valence-electron chi connectivity index (χ4n) is 1.02. The minimum atomic E-state index is -1.05. The quantitative estimate of drug-likeness (QED) is 0.763. The molecule has 0 heterocycles. The maximum atomic E-state index is 11.1. The van der Waals surface area contributed by atoms with Gasteiger partial charge in [0.1, 0.15) is 6.61 Å². The molecule has 0 atom stereocenters. The third-order valence-electron chi connectivity index (χ3n) is 1.69. The Morgan fingerprint density at radius 2 is 2.25 bits per heavy atom. The molecule has 1 aromatic carbocycles. The van der Waals surface area contributed by atoms with E-state index in [-0.39, 0.29) is 12.2 Å². The third kappa shape index (κ3) is 3.45. The van der Waals surface area contributed by atoms with Gasteiger partial charge in [-0.2, -0.15) is 0 Å². The molecular formula is C11H11NO4. The Labute approximate surface area is 92.3 Å². The number of benzene rings is 1. The van der Waals surface area contributed by atoms with E-state index < -0.39 is 12.1 Å². The number of hydrogen-bond donors (Lipinski definition) is 2. The number of carbonyl (C=O) groups is 2. The average molecular weight is 221 g/mol. The van der Waals surface area contributed by atoms with Crippen molar-refractivity contribution in [3.8, 4) is 0 Å². The topological polar surface area (TPSA) is 75.6 Å². The van der Waals surface area contributed by atoms with Gasteiger partial charge in [-0.05, 0) is 18.2 Å². The van der Waals surface area contributed by atoms with E-state index in [1.165, 1.54) is 24.3 Å². The molecule has 0 aliphatic carbocycles. The van der Waals surface area contributed by atoms with Crippen molar-refractivity contribution < 1.29 is 19.4 Å². The maximum Gasteiger partial charge on any atom is 0.411 e. The van der Waals surface area contributed by atoms with Gasteiger partial charge in [-0.25, -0.2) is 9.59 Å². The van der Waals surface area contributed by atoms with E-state index in [4.69, 9.17) is 5.11 Å². The standard InChI is InChI=1S/C11H11NO4/c1-2-6-16-11(15)12-9-5-3-4-8(7-9)10(13)14/h2-5,7H,1,6H2,(H,12,15)(H,13,14). The Hall–Kier alpha value is -2.30. The van der Waals surface area contributed by atoms with Crippen LogP contribution in [0.4, 0.5) is 10.5 Å². The van der Waals surface area contributed by atoms with E-state index in [0.29, 0.717) is 5.69 Å². The maximum absolute atomic E-state index is 11.1. The number of amides is 1. The van der Waals surface area contributed by atoms with Crippen LogP contribution in [0.3, 0.4) is 0 Å². The predicted molar refractivity (Wildman–Crippen MR) is 58.6 cm³/mol. The molecule has 5 nitrogen and oxygen atoms in total. The molecule has 1 amide bonds. The minimum absolute atomic E-state index is 0.0986. The molecule has 0 spiro atoms. The van der Waals surface area contributed by atoms with Gasteiger partial charge in [0.05, 0.1) is 5.56 Å². The van der Waals surface area contributed by atoms with E-state index >= 15 is 0 Å². The molecule has 0 aromatic heterocycles. The molecule has 0 unspecified atom stereocenters. The van der Waals surface area contributed by atoms with Crippen molar-refractivity contribution >= 4 is 17.7 Å². The Morgan fingerprint density at radius 3 is 2.88 bits per heavy atom. The Balaban J connectivity index is 2.66. The highest BCUT2D eigenvalue weighted by molar-refractivity contribution is 5.91. The minimum Gasteiger partial charge on any atom is -0.478 e. The lowest BCUT2D eigenvalue weighted by molar-refractivity contribution is 0.0697. The first-order chi connectivity index (χ1) is 7.63. The summed E-state index contributed by atoms with van der Waals surface area (Å²) in [6.07, 6.45) is 0.787. The van der Waals surface area contributed by atoms with Crippen molar-refractivity contribution in [2.45, 2.75) is 0 Å². The molecular weight excluding hydrogens is 210 g/mol. The first-order valence-electron chi connectivity index (χ1n) is 4.51. The van der Waals surface area contributed by atoms with Gasteiger partial charge in [0, 0.05) is 5.69 Å². The molecule has 0 aliphatic heterocycles. The molecule has 16 heavy (non-hydrogen) atoms. The number of hydrogen-bond acceptors (Lipinski definition) is 3. The molecule has 1 aromatic rings. The number of carboxylic acid groups (broad SMARTS) is 1. The van der Waals surface area contributed by atoms with Crippen LogP contribution in [-0.2, 0) is 4.74 Å². The number of aromatic carboxylic acids is 1. The number of anilines is 1. The van der Waals surface area contributed by atoms with Crippen molar-refractivity contribution in [1.29, 1.82) is 0 Å². The molecule has 0 aliphatic rings. The first kappa shape index (κ1) is 11.8. The van der Waals surface area contributed by atoms with Gasteiger partial charge in [0.25, 0.3) is 0 Å². The lowest BCUT2D eigenvalue weighted by Crippen LogP contribution is -2.13. The zero-order valence-corrected chi connectivity index (χ0v) is 8.47. The van der Waals surface area contributed by atoms with E-state index in [2.05, 4.69) is 16.6 Å². The van der Waals surface area contributed by atoms with E-state index in [9.17, 15) is 9.59 Å². The highest BCUT2D eigenvalue weighted by Crippen LogP contribution is 2.10. The van der Waals surface area contributed by atoms with Gasteiger partial charge in [-0.1, -0.05) is 18.7 Å². The van der Waals surface area contributed by atoms with Crippen molar-refractivity contribution in [2.75, 3.05) is 11.9 Å². The van der Waals surface area contributed by atoms with Gasteiger partial charge in [-0.3, -0.25) is 5.32 Å². The summed E-state index contributed by atoms with van der Waals surface area (Å²) in [7, 11) is 0. The summed E-state index contributed by atoms with van der Waals surface area (Å²) < 4.78 is 4.68. The average Bonchev–Trinajstić information content (AvgIpc) is 2.26. The highest BCUT2D eigenvalue weighted by atomic mass is 16.5. The summed E-state index contributed by atoms with van der Waals surface area (Å²) in [5.41, 5.74) is 0.468. The summed E-state index contributed by atoms with van der Waals surface area (Å²) in [5, 5.41) is 11.1. The molecule has 0 saturated heterocycles. The Morgan fingerprint density at radius 1 is 1.50 bits per heavy atom. The smallest absolute Gasteiger partial charge is 0.411 e. The number of carboxylic acids is 1. The lowest BCUT2D eigenvalue weighted by atomic mass is 10.2. The molecule has 0 saturated carbocycles. The van der Waals surface area contributed by atoms with Crippen molar-refractivity contribution in [1.82, 2.24) is 0 Å². The Kier molecular flexibility index (Phi) is 4.08. The number of rotatable bonds is 4. The molecule has 2 N–H and O–H groups in total. The van der Waals surface area contributed by atoms with Crippen LogP contribution in [0.1, 0.15) is 10.4 Å². The lowest BCUT2D eigenvalue weighted by Gasteiger charge is -2.05. The van der Waals surface area contributed by atoms with Crippen LogP contribution in [0.2, 0.25) is 0 Å². The number of carbonyl (C=O) groups excluding carboxylic acids is 1. The van der Waals surface area contributed by atoms with Crippen molar-refractivity contribution in [2.24, 2.45) is 0 Å². The fourth-order valence-corrected chi connectivity index (χ4v) is 1.02. The normalized spacial score (nSPS) is 9.25. The SMILES string of the molecule is C=CCOC(=O)Nc1cccc(C(=O)O)c1. The zero-order valence-electron chi connectivity index (χ0n) is 8.47. The summed E-state index contributed by atoms with van der Waals surface area (Å²) >= 11 is 0. The number of nitrogens with one attached hydrogen (secondary N) is 1. The van der Waals surface area contributed by atoms with Crippen LogP contribution in [-0.4, -0.2) is 23.8 Å². The van der Waals surface area contributed by atoms with Crippen LogP contribution >= 0.6 is 0 Å². The predicted octanol–water partition coefficient (Wildman–Crippen LogP) is 2.12. The van der Waals surface area contributed by atoms with Crippen LogP contribution in [0.15, 0.2) is 36.9 Å². The van der Waals surface area contributed by atoms with Crippen LogP contribution in [0.25, 0.3) is 0 Å². The molecule has 0 radical (unpaired) electrons. The second-order valence-corrected chi connectivity index (χ2v) is 2.90. The number of ether oxygens (including phenoxy) is 1. The second kappa shape index (κ2) is 5.55. The van der Waals surface area contributed by atoms with E-state index in [0.717, 1.165) is 0 Å². The molecule has 0 bridgehead atoms. The van der Waals surface area contributed by atoms with Gasteiger partial charge in [0.15, 0.2) is 0 Å². The first-order valence-corrected chi connectivity index (χ1v) is 4.51. The van der Waals surface area contributed by atoms with E-state index in [1.807, 2.05) is 0 Å². The van der Waals surface area contributed by atoms with Gasteiger partial charge in [-0.15, -0.1) is 0 Å². The summed E-state index contributed by atoms with van der Waals surface area (Å²) in [6.45, 7) is 3.50.